The Balaban J connectivity index is 3.72. The molecule has 4 nitrogen and oxygen atoms in total. The van der Waals surface area contributed by atoms with Crippen molar-refractivity contribution < 1.29 is 19.1 Å². The summed E-state index contributed by atoms with van der Waals surface area (Å²) < 4.78 is 10.1. The van der Waals surface area contributed by atoms with Crippen molar-refractivity contribution in [2.24, 2.45) is 11.8 Å². The molecule has 0 aromatic rings. The fourth-order valence-corrected chi connectivity index (χ4v) is 1.82. The molecule has 0 saturated carbocycles. The zero-order valence-electron chi connectivity index (χ0n) is 12.9. The SMILES string of the molecule is CC(C)CCCOC(=O)CC(=O)OC(C)CC(C)C. The van der Waals surface area contributed by atoms with Gasteiger partial charge in [0.1, 0.15) is 6.42 Å². The molecule has 19 heavy (non-hydrogen) atoms. The molecule has 0 heterocycles. The van der Waals surface area contributed by atoms with E-state index in [-0.39, 0.29) is 12.5 Å². The van der Waals surface area contributed by atoms with Crippen LogP contribution in [-0.2, 0) is 19.1 Å². The third-order valence-electron chi connectivity index (χ3n) is 2.61. The highest BCUT2D eigenvalue weighted by Gasteiger charge is 2.15. The molecule has 0 bridgehead atoms. The van der Waals surface area contributed by atoms with Crippen LogP contribution in [0.3, 0.4) is 0 Å². The Morgan fingerprint density at radius 1 is 0.947 bits per heavy atom. The van der Waals surface area contributed by atoms with Gasteiger partial charge in [0.25, 0.3) is 0 Å². The molecule has 0 amide bonds. The summed E-state index contributed by atoms with van der Waals surface area (Å²) in [5.41, 5.74) is 0. The molecule has 1 unspecified atom stereocenters. The molecule has 0 aliphatic heterocycles. The Bertz CT molecular complexity index is 271. The quantitative estimate of drug-likeness (QED) is 0.367. The molecule has 1 atom stereocenters. The summed E-state index contributed by atoms with van der Waals surface area (Å²) in [6.07, 6.45) is 2.21. The fourth-order valence-electron chi connectivity index (χ4n) is 1.82. The van der Waals surface area contributed by atoms with Gasteiger partial charge in [0.2, 0.25) is 0 Å². The summed E-state index contributed by atoms with van der Waals surface area (Å²) in [5, 5.41) is 0. The number of carbonyl (C=O) groups is 2. The van der Waals surface area contributed by atoms with Crippen LogP contribution in [0.2, 0.25) is 0 Å². The molecule has 0 spiro atoms. The number of esters is 2. The molecule has 0 aromatic heterocycles. The van der Waals surface area contributed by atoms with Gasteiger partial charge in [0, 0.05) is 0 Å². The van der Waals surface area contributed by atoms with E-state index in [0.717, 1.165) is 19.3 Å². The van der Waals surface area contributed by atoms with Crippen molar-refractivity contribution in [3.63, 3.8) is 0 Å². The standard InChI is InChI=1S/C15H28O4/c1-11(2)7-6-8-18-14(16)10-15(17)19-13(5)9-12(3)4/h11-13H,6-10H2,1-5H3. The maximum absolute atomic E-state index is 11.5. The van der Waals surface area contributed by atoms with Crippen molar-refractivity contribution in [2.45, 2.75) is 66.4 Å². The zero-order valence-corrected chi connectivity index (χ0v) is 12.9. The molecule has 0 saturated heterocycles. The summed E-state index contributed by atoms with van der Waals surface area (Å²) in [7, 11) is 0. The molecular formula is C15H28O4. The number of ether oxygens (including phenoxy) is 2. The highest BCUT2D eigenvalue weighted by Crippen LogP contribution is 2.09. The van der Waals surface area contributed by atoms with Gasteiger partial charge >= 0.3 is 11.9 Å². The molecule has 0 aliphatic rings. The highest BCUT2D eigenvalue weighted by molar-refractivity contribution is 5.91. The Morgan fingerprint density at radius 2 is 1.58 bits per heavy atom. The van der Waals surface area contributed by atoms with Gasteiger partial charge in [-0.2, -0.15) is 0 Å². The van der Waals surface area contributed by atoms with Gasteiger partial charge in [-0.3, -0.25) is 9.59 Å². The van der Waals surface area contributed by atoms with E-state index in [1.165, 1.54) is 0 Å². The highest BCUT2D eigenvalue weighted by atomic mass is 16.6. The molecule has 0 rings (SSSR count). The van der Waals surface area contributed by atoms with Gasteiger partial charge in [-0.1, -0.05) is 27.7 Å². The number of hydrogen-bond donors (Lipinski definition) is 0. The van der Waals surface area contributed by atoms with Gasteiger partial charge in [-0.25, -0.2) is 0 Å². The average Bonchev–Trinajstić information content (AvgIpc) is 2.22. The Hall–Kier alpha value is -1.06. The van der Waals surface area contributed by atoms with E-state index in [9.17, 15) is 9.59 Å². The fraction of sp³-hybridized carbons (Fsp3) is 0.867. The van der Waals surface area contributed by atoms with Crippen molar-refractivity contribution in [3.05, 3.63) is 0 Å². The van der Waals surface area contributed by atoms with Crippen molar-refractivity contribution in [1.29, 1.82) is 0 Å². The minimum absolute atomic E-state index is 0.152. The third kappa shape index (κ3) is 11.7. The van der Waals surface area contributed by atoms with E-state index in [0.29, 0.717) is 18.4 Å². The van der Waals surface area contributed by atoms with Crippen molar-refractivity contribution in [1.82, 2.24) is 0 Å². The molecule has 4 heteroatoms. The van der Waals surface area contributed by atoms with Crippen molar-refractivity contribution in [2.75, 3.05) is 6.61 Å². The minimum atomic E-state index is -0.498. The largest absolute Gasteiger partial charge is 0.465 e. The van der Waals surface area contributed by atoms with Crippen LogP contribution in [0.5, 0.6) is 0 Å². The molecular weight excluding hydrogens is 244 g/mol. The predicted octanol–water partition coefficient (Wildman–Crippen LogP) is 3.33. The lowest BCUT2D eigenvalue weighted by molar-refractivity contribution is -0.157. The Morgan fingerprint density at radius 3 is 2.11 bits per heavy atom. The van der Waals surface area contributed by atoms with Crippen molar-refractivity contribution >= 4 is 11.9 Å². The van der Waals surface area contributed by atoms with E-state index >= 15 is 0 Å². The van der Waals surface area contributed by atoms with Gasteiger partial charge in [-0.05, 0) is 38.0 Å². The van der Waals surface area contributed by atoms with E-state index in [4.69, 9.17) is 9.47 Å². The summed E-state index contributed by atoms with van der Waals surface area (Å²) >= 11 is 0. The first kappa shape index (κ1) is 17.9. The maximum Gasteiger partial charge on any atom is 0.317 e. The van der Waals surface area contributed by atoms with Crippen LogP contribution in [0.4, 0.5) is 0 Å². The molecule has 112 valence electrons. The smallest absolute Gasteiger partial charge is 0.317 e. The topological polar surface area (TPSA) is 52.6 Å². The van der Waals surface area contributed by atoms with Crippen LogP contribution >= 0.6 is 0 Å². The Kier molecular flexibility index (Phi) is 9.27. The first-order valence-corrected chi connectivity index (χ1v) is 7.16. The van der Waals surface area contributed by atoms with Crippen LogP contribution in [0, 0.1) is 11.8 Å². The predicted molar refractivity (Wildman–Crippen MR) is 74.7 cm³/mol. The first-order valence-electron chi connectivity index (χ1n) is 7.16. The van der Waals surface area contributed by atoms with E-state index in [1.807, 2.05) is 6.92 Å². The second-order valence-electron chi connectivity index (χ2n) is 5.86. The maximum atomic E-state index is 11.5. The van der Waals surface area contributed by atoms with Gasteiger partial charge in [0.05, 0.1) is 12.7 Å². The Labute approximate surface area is 116 Å². The lowest BCUT2D eigenvalue weighted by atomic mass is 10.1. The normalized spacial score (nSPS) is 12.6. The van der Waals surface area contributed by atoms with E-state index in [1.54, 1.807) is 0 Å². The molecule has 0 aromatic carbocycles. The molecule has 0 aliphatic carbocycles. The molecule has 0 fully saturated rings. The van der Waals surface area contributed by atoms with Crippen LogP contribution < -0.4 is 0 Å². The lowest BCUT2D eigenvalue weighted by Gasteiger charge is -2.14. The molecule has 0 radical (unpaired) electrons. The summed E-state index contributed by atoms with van der Waals surface area (Å²) in [6, 6.07) is 0. The monoisotopic (exact) mass is 272 g/mol. The third-order valence-corrected chi connectivity index (χ3v) is 2.61. The average molecular weight is 272 g/mol. The zero-order chi connectivity index (χ0) is 14.8. The number of rotatable bonds is 9. The minimum Gasteiger partial charge on any atom is -0.465 e. The van der Waals surface area contributed by atoms with Crippen LogP contribution in [0.15, 0.2) is 0 Å². The van der Waals surface area contributed by atoms with Crippen LogP contribution in [0.25, 0.3) is 0 Å². The number of carbonyl (C=O) groups excluding carboxylic acids is 2. The van der Waals surface area contributed by atoms with Gasteiger partial charge < -0.3 is 9.47 Å². The summed E-state index contributed by atoms with van der Waals surface area (Å²) in [6.45, 7) is 10.6. The van der Waals surface area contributed by atoms with E-state index in [2.05, 4.69) is 27.7 Å². The summed E-state index contributed by atoms with van der Waals surface area (Å²) in [4.78, 5) is 22.8. The van der Waals surface area contributed by atoms with Gasteiger partial charge in [0.15, 0.2) is 0 Å². The molecule has 0 N–H and O–H groups in total. The lowest BCUT2D eigenvalue weighted by Crippen LogP contribution is -2.20. The van der Waals surface area contributed by atoms with E-state index < -0.39 is 11.9 Å². The van der Waals surface area contributed by atoms with Crippen LogP contribution in [0.1, 0.15) is 60.3 Å². The van der Waals surface area contributed by atoms with Gasteiger partial charge in [-0.15, -0.1) is 0 Å². The second kappa shape index (κ2) is 9.82. The van der Waals surface area contributed by atoms with Crippen molar-refractivity contribution in [3.8, 4) is 0 Å². The summed E-state index contributed by atoms with van der Waals surface area (Å²) in [5.74, 6) is 0.0684. The number of hydrogen-bond acceptors (Lipinski definition) is 4. The first-order chi connectivity index (χ1) is 8.81. The van der Waals surface area contributed by atoms with Crippen LogP contribution in [-0.4, -0.2) is 24.6 Å². The second-order valence-corrected chi connectivity index (χ2v) is 5.86.